The van der Waals surface area contributed by atoms with Gasteiger partial charge in [0.05, 0.1) is 6.54 Å². The lowest BCUT2D eigenvalue weighted by Gasteiger charge is -2.20. The lowest BCUT2D eigenvalue weighted by Crippen LogP contribution is -2.18. The molecule has 90 valence electrons. The Labute approximate surface area is 113 Å². The minimum Gasteiger partial charge on any atom is -0.369 e. The van der Waals surface area contributed by atoms with Gasteiger partial charge in [-0.2, -0.15) is 0 Å². The minimum atomic E-state index is 0.516. The van der Waals surface area contributed by atoms with Gasteiger partial charge in [-0.15, -0.1) is 11.3 Å². The van der Waals surface area contributed by atoms with E-state index in [0.717, 1.165) is 22.3 Å². The Kier molecular flexibility index (Phi) is 4.15. The van der Waals surface area contributed by atoms with Gasteiger partial charge in [0.15, 0.2) is 0 Å². The third kappa shape index (κ3) is 3.06. The van der Waals surface area contributed by atoms with Gasteiger partial charge >= 0.3 is 0 Å². The molecule has 0 aliphatic carbocycles. The number of anilines is 1. The van der Waals surface area contributed by atoms with Crippen LogP contribution in [-0.4, -0.2) is 12.0 Å². The van der Waals surface area contributed by atoms with Crippen LogP contribution in [0.2, 0.25) is 0 Å². The summed E-state index contributed by atoms with van der Waals surface area (Å²) in [6, 6.07) is 4.15. The first-order valence-corrected chi connectivity index (χ1v) is 6.95. The molecule has 17 heavy (non-hydrogen) atoms. The van der Waals surface area contributed by atoms with Crippen LogP contribution in [-0.2, 0) is 13.1 Å². The van der Waals surface area contributed by atoms with Crippen LogP contribution < -0.4 is 10.6 Å². The molecule has 0 radical (unpaired) electrons. The second kappa shape index (κ2) is 5.62. The van der Waals surface area contributed by atoms with Gasteiger partial charge in [0, 0.05) is 52.0 Å². The summed E-state index contributed by atoms with van der Waals surface area (Å²) in [4.78, 5) is 7.61. The van der Waals surface area contributed by atoms with Crippen LogP contribution >= 0.6 is 27.3 Å². The van der Waals surface area contributed by atoms with Crippen molar-refractivity contribution in [3.8, 4) is 0 Å². The average molecular weight is 312 g/mol. The van der Waals surface area contributed by atoms with Crippen molar-refractivity contribution >= 4 is 33.0 Å². The van der Waals surface area contributed by atoms with Gasteiger partial charge in [-0.25, -0.2) is 0 Å². The molecule has 0 fully saturated rings. The summed E-state index contributed by atoms with van der Waals surface area (Å²) in [5.74, 6) is 0. The number of hydrogen-bond acceptors (Lipinski definition) is 4. The van der Waals surface area contributed by atoms with Crippen molar-refractivity contribution in [3.63, 3.8) is 0 Å². The van der Waals surface area contributed by atoms with Crippen LogP contribution in [0, 0.1) is 0 Å². The van der Waals surface area contributed by atoms with Gasteiger partial charge in [0.2, 0.25) is 0 Å². The van der Waals surface area contributed by atoms with Crippen molar-refractivity contribution in [3.05, 3.63) is 44.8 Å². The molecular formula is C12H14BrN3S. The molecule has 0 amide bonds. The van der Waals surface area contributed by atoms with Crippen LogP contribution in [0.25, 0.3) is 0 Å². The summed E-state index contributed by atoms with van der Waals surface area (Å²) >= 11 is 5.22. The van der Waals surface area contributed by atoms with Gasteiger partial charge in [-0.3, -0.25) is 4.98 Å². The molecule has 0 atom stereocenters. The van der Waals surface area contributed by atoms with Gasteiger partial charge in [-0.05, 0) is 28.1 Å². The smallest absolute Gasteiger partial charge is 0.0520 e. The highest BCUT2D eigenvalue weighted by atomic mass is 79.9. The van der Waals surface area contributed by atoms with E-state index in [2.05, 4.69) is 44.3 Å². The fourth-order valence-corrected chi connectivity index (χ4v) is 3.21. The molecular weight excluding hydrogens is 298 g/mol. The van der Waals surface area contributed by atoms with Crippen molar-refractivity contribution in [2.24, 2.45) is 5.73 Å². The number of aromatic nitrogens is 1. The number of thiophene rings is 1. The van der Waals surface area contributed by atoms with Crippen LogP contribution in [0.3, 0.4) is 0 Å². The first-order valence-electron chi connectivity index (χ1n) is 5.27. The topological polar surface area (TPSA) is 42.2 Å². The van der Waals surface area contributed by atoms with E-state index in [4.69, 9.17) is 5.73 Å². The van der Waals surface area contributed by atoms with Crippen LogP contribution in [0.1, 0.15) is 10.4 Å². The van der Waals surface area contributed by atoms with Gasteiger partial charge in [0.25, 0.3) is 0 Å². The number of rotatable bonds is 4. The van der Waals surface area contributed by atoms with E-state index in [-0.39, 0.29) is 0 Å². The zero-order valence-corrected chi connectivity index (χ0v) is 12.0. The van der Waals surface area contributed by atoms with Crippen molar-refractivity contribution in [2.45, 2.75) is 13.1 Å². The molecule has 2 aromatic heterocycles. The lowest BCUT2D eigenvalue weighted by molar-refractivity contribution is 0.911. The quantitative estimate of drug-likeness (QED) is 0.944. The van der Waals surface area contributed by atoms with E-state index in [1.54, 1.807) is 17.5 Å². The third-order valence-corrected chi connectivity index (χ3v) is 4.21. The van der Waals surface area contributed by atoms with Crippen LogP contribution in [0.15, 0.2) is 34.4 Å². The largest absolute Gasteiger partial charge is 0.369 e. The Morgan fingerprint density at radius 3 is 3.00 bits per heavy atom. The number of nitrogens with zero attached hydrogens (tertiary/aromatic N) is 2. The first-order chi connectivity index (χ1) is 8.20. The van der Waals surface area contributed by atoms with E-state index in [1.807, 2.05) is 12.3 Å². The molecule has 0 aliphatic rings. The highest BCUT2D eigenvalue weighted by Gasteiger charge is 2.08. The Morgan fingerprint density at radius 2 is 2.35 bits per heavy atom. The number of hydrogen-bond donors (Lipinski definition) is 1. The van der Waals surface area contributed by atoms with Gasteiger partial charge in [0.1, 0.15) is 0 Å². The maximum atomic E-state index is 5.71. The van der Waals surface area contributed by atoms with E-state index in [1.165, 1.54) is 4.88 Å². The summed E-state index contributed by atoms with van der Waals surface area (Å²) in [7, 11) is 2.07. The lowest BCUT2D eigenvalue weighted by atomic mass is 10.2. The normalized spacial score (nSPS) is 10.5. The maximum Gasteiger partial charge on any atom is 0.0520 e. The summed E-state index contributed by atoms with van der Waals surface area (Å²) in [5, 5.41) is 2.10. The van der Waals surface area contributed by atoms with Gasteiger partial charge in [-0.1, -0.05) is 0 Å². The summed E-state index contributed by atoms with van der Waals surface area (Å²) in [6.45, 7) is 1.40. The van der Waals surface area contributed by atoms with E-state index in [0.29, 0.717) is 6.54 Å². The minimum absolute atomic E-state index is 0.516. The second-order valence-corrected chi connectivity index (χ2v) is 5.71. The molecule has 0 saturated carbocycles. The van der Waals surface area contributed by atoms with Gasteiger partial charge < -0.3 is 10.6 Å². The van der Waals surface area contributed by atoms with Crippen LogP contribution in [0.5, 0.6) is 0 Å². The average Bonchev–Trinajstić information content (AvgIpc) is 2.74. The highest BCUT2D eigenvalue weighted by Crippen LogP contribution is 2.24. The zero-order valence-electron chi connectivity index (χ0n) is 9.56. The van der Waals surface area contributed by atoms with E-state index < -0.39 is 0 Å². The molecule has 0 saturated heterocycles. The van der Waals surface area contributed by atoms with E-state index in [9.17, 15) is 0 Å². The Balaban J connectivity index is 2.16. The SMILES string of the molecule is CN(Cc1cc(Br)cs1)c1ccncc1CN. The second-order valence-electron chi connectivity index (χ2n) is 3.80. The summed E-state index contributed by atoms with van der Waals surface area (Å²) < 4.78 is 1.14. The predicted molar refractivity (Wildman–Crippen MR) is 76.3 cm³/mol. The number of nitrogens with two attached hydrogens (primary N) is 1. The summed E-state index contributed by atoms with van der Waals surface area (Å²) in [5.41, 5.74) is 7.93. The molecule has 2 N–H and O–H groups in total. The fraction of sp³-hybridized carbons (Fsp3) is 0.250. The van der Waals surface area contributed by atoms with Crippen molar-refractivity contribution < 1.29 is 0 Å². The molecule has 5 heteroatoms. The highest BCUT2D eigenvalue weighted by molar-refractivity contribution is 9.10. The van der Waals surface area contributed by atoms with Crippen LogP contribution in [0.4, 0.5) is 5.69 Å². The van der Waals surface area contributed by atoms with Crippen molar-refractivity contribution in [2.75, 3.05) is 11.9 Å². The molecule has 0 spiro atoms. The third-order valence-electron chi connectivity index (χ3n) is 2.52. The molecule has 3 nitrogen and oxygen atoms in total. The number of halogens is 1. The molecule has 2 heterocycles. The maximum absolute atomic E-state index is 5.71. The monoisotopic (exact) mass is 311 g/mol. The molecule has 0 bridgehead atoms. The fourth-order valence-electron chi connectivity index (χ4n) is 1.71. The first kappa shape index (κ1) is 12.5. The molecule has 0 unspecified atom stereocenters. The Hall–Kier alpha value is -0.910. The molecule has 2 rings (SSSR count). The Morgan fingerprint density at radius 1 is 1.53 bits per heavy atom. The van der Waals surface area contributed by atoms with Crippen molar-refractivity contribution in [1.29, 1.82) is 0 Å². The van der Waals surface area contributed by atoms with E-state index >= 15 is 0 Å². The number of pyridine rings is 1. The molecule has 0 aromatic carbocycles. The van der Waals surface area contributed by atoms with Crippen molar-refractivity contribution in [1.82, 2.24) is 4.98 Å². The molecule has 2 aromatic rings. The zero-order chi connectivity index (χ0) is 12.3. The standard InChI is InChI=1S/C12H14BrN3S/c1-16(7-11-4-10(13)8-17-11)12-2-3-15-6-9(12)5-14/h2-4,6,8H,5,7,14H2,1H3. The predicted octanol–water partition coefficient (Wildman–Crippen LogP) is 3.00. The summed E-state index contributed by atoms with van der Waals surface area (Å²) in [6.07, 6.45) is 3.63. The Bertz CT molecular complexity index is 498. The molecule has 0 aliphatic heterocycles.